The zero-order chi connectivity index (χ0) is 21.3. The number of benzene rings is 2. The summed E-state index contributed by atoms with van der Waals surface area (Å²) in [5, 5.41) is 11.3. The molecule has 28 heavy (non-hydrogen) atoms. The molecule has 0 fully saturated rings. The highest BCUT2D eigenvalue weighted by Gasteiger charge is 2.23. The van der Waals surface area contributed by atoms with Gasteiger partial charge in [0.2, 0.25) is 0 Å². The second-order valence-electron chi connectivity index (χ2n) is 6.95. The topological polar surface area (TPSA) is 113 Å². The maximum atomic E-state index is 13.6. The lowest BCUT2D eigenvalue weighted by molar-refractivity contribution is 0.0691. The van der Waals surface area contributed by atoms with Crippen molar-refractivity contribution >= 4 is 39.2 Å². The van der Waals surface area contributed by atoms with Crippen molar-refractivity contribution in [3.63, 3.8) is 0 Å². The maximum Gasteiger partial charge on any atom is 0.338 e. The molecule has 0 aliphatic heterocycles. The van der Waals surface area contributed by atoms with E-state index < -0.39 is 42.8 Å². The van der Waals surface area contributed by atoms with Gasteiger partial charge in [0.15, 0.2) is 0 Å². The Morgan fingerprint density at radius 2 is 1.68 bits per heavy atom. The third-order valence-corrected chi connectivity index (χ3v) is 5.28. The highest BCUT2D eigenvalue weighted by atomic mass is 35.5. The first kappa shape index (κ1) is 21.6. The van der Waals surface area contributed by atoms with Crippen LogP contribution in [0.1, 0.15) is 41.5 Å². The lowest BCUT2D eigenvalue weighted by Gasteiger charge is -2.20. The van der Waals surface area contributed by atoms with Crippen molar-refractivity contribution in [1.29, 1.82) is 0 Å². The van der Waals surface area contributed by atoms with Gasteiger partial charge in [0.1, 0.15) is 10.7 Å². The van der Waals surface area contributed by atoms with E-state index in [0.717, 1.165) is 0 Å². The lowest BCUT2D eigenvalue weighted by Crippen LogP contribution is -2.40. The molecule has 150 valence electrons. The molecule has 0 aliphatic rings. The van der Waals surface area contributed by atoms with Gasteiger partial charge in [-0.1, -0.05) is 11.6 Å². The molecule has 0 saturated heterocycles. The van der Waals surface area contributed by atoms with Gasteiger partial charge in [0.25, 0.3) is 15.9 Å². The number of hydrogen-bond donors (Lipinski definition) is 3. The molecule has 0 radical (unpaired) electrons. The molecule has 0 aromatic heterocycles. The van der Waals surface area contributed by atoms with Crippen molar-refractivity contribution in [2.45, 2.75) is 31.2 Å². The third-order valence-electron chi connectivity index (χ3n) is 3.43. The molecule has 2 rings (SSSR count). The zero-order valence-corrected chi connectivity index (χ0v) is 16.8. The molecule has 7 nitrogen and oxygen atoms in total. The predicted octanol–water partition coefficient (Wildman–Crippen LogP) is 3.51. The summed E-state index contributed by atoms with van der Waals surface area (Å²) in [4.78, 5) is 22.6. The van der Waals surface area contributed by atoms with E-state index in [1.54, 1.807) is 0 Å². The van der Waals surface area contributed by atoms with E-state index in [1.165, 1.54) is 24.3 Å². The monoisotopic (exact) mass is 428 g/mol. The summed E-state index contributed by atoms with van der Waals surface area (Å²) in [5.41, 5.74) is -0.812. The van der Waals surface area contributed by atoms with Crippen LogP contribution in [-0.4, -0.2) is 30.9 Å². The smallest absolute Gasteiger partial charge is 0.338 e. The molecule has 0 bridgehead atoms. The number of carbonyl (C=O) groups excluding carboxylic acids is 1. The van der Waals surface area contributed by atoms with Crippen molar-refractivity contribution in [1.82, 2.24) is 5.32 Å². The third kappa shape index (κ3) is 5.20. The fourth-order valence-electron chi connectivity index (χ4n) is 2.21. The molecule has 0 heterocycles. The predicted molar refractivity (Wildman–Crippen MR) is 103 cm³/mol. The van der Waals surface area contributed by atoms with Crippen molar-refractivity contribution in [2.75, 3.05) is 4.72 Å². The fraction of sp³-hybridized carbons (Fsp3) is 0.222. The van der Waals surface area contributed by atoms with Crippen LogP contribution < -0.4 is 10.0 Å². The van der Waals surface area contributed by atoms with Crippen LogP contribution in [0, 0.1) is 5.82 Å². The number of anilines is 1. The lowest BCUT2D eigenvalue weighted by atomic mass is 10.1. The second kappa shape index (κ2) is 7.76. The largest absolute Gasteiger partial charge is 0.478 e. The van der Waals surface area contributed by atoms with E-state index in [4.69, 9.17) is 16.7 Å². The van der Waals surface area contributed by atoms with Crippen molar-refractivity contribution < 1.29 is 27.5 Å². The van der Waals surface area contributed by atoms with Gasteiger partial charge in [-0.3, -0.25) is 9.52 Å². The number of halogens is 2. The van der Waals surface area contributed by atoms with Crippen LogP contribution in [0.15, 0.2) is 41.3 Å². The Bertz CT molecular complexity index is 1030. The minimum Gasteiger partial charge on any atom is -0.478 e. The van der Waals surface area contributed by atoms with E-state index in [1.807, 2.05) is 20.8 Å². The van der Waals surface area contributed by atoms with Gasteiger partial charge in [0, 0.05) is 16.8 Å². The summed E-state index contributed by atoms with van der Waals surface area (Å²) in [6, 6.07) is 6.85. The Kier molecular flexibility index (Phi) is 6.00. The first-order chi connectivity index (χ1) is 12.8. The van der Waals surface area contributed by atoms with E-state index in [0.29, 0.717) is 17.7 Å². The van der Waals surface area contributed by atoms with Crippen molar-refractivity contribution in [2.24, 2.45) is 0 Å². The van der Waals surface area contributed by atoms with Crippen molar-refractivity contribution in [3.05, 3.63) is 58.4 Å². The van der Waals surface area contributed by atoms with Gasteiger partial charge in [-0.2, -0.15) is 0 Å². The van der Waals surface area contributed by atoms with Gasteiger partial charge >= 0.3 is 5.97 Å². The minimum atomic E-state index is -4.29. The average molecular weight is 429 g/mol. The van der Waals surface area contributed by atoms with Gasteiger partial charge < -0.3 is 10.4 Å². The Balaban J connectivity index is 2.29. The Hall–Kier alpha value is -2.65. The van der Waals surface area contributed by atoms with Gasteiger partial charge in [-0.15, -0.1) is 0 Å². The Labute approximate surface area is 166 Å². The van der Waals surface area contributed by atoms with Crippen LogP contribution in [0.5, 0.6) is 0 Å². The fourth-order valence-corrected chi connectivity index (χ4v) is 3.81. The molecule has 0 spiro atoms. The van der Waals surface area contributed by atoms with Crippen LogP contribution in [0.4, 0.5) is 10.1 Å². The molecule has 0 saturated carbocycles. The van der Waals surface area contributed by atoms with E-state index in [9.17, 15) is 22.4 Å². The first-order valence-corrected chi connectivity index (χ1v) is 9.84. The molecular formula is C18H18ClFN2O5S. The summed E-state index contributed by atoms with van der Waals surface area (Å²) in [6.45, 7) is 5.47. The van der Waals surface area contributed by atoms with Gasteiger partial charge in [0.05, 0.1) is 10.6 Å². The van der Waals surface area contributed by atoms with Crippen LogP contribution >= 0.6 is 11.6 Å². The minimum absolute atomic E-state index is 0.115. The number of sulfonamides is 1. The van der Waals surface area contributed by atoms with Gasteiger partial charge in [-0.25, -0.2) is 17.6 Å². The number of carboxylic acid groups (broad SMARTS) is 1. The summed E-state index contributed by atoms with van der Waals surface area (Å²) in [6.07, 6.45) is 0. The number of amides is 1. The highest BCUT2D eigenvalue weighted by Crippen LogP contribution is 2.27. The van der Waals surface area contributed by atoms with E-state index in [2.05, 4.69) is 10.0 Å². The molecular weight excluding hydrogens is 411 g/mol. The SMILES string of the molecule is CC(C)(C)NC(=O)c1ccc(NS(=O)(=O)c2cc(C(=O)O)c(F)cc2Cl)cc1. The number of rotatable bonds is 5. The van der Waals surface area contributed by atoms with Crippen LogP contribution in [0.25, 0.3) is 0 Å². The molecule has 1 amide bonds. The Morgan fingerprint density at radius 1 is 1.11 bits per heavy atom. The second-order valence-corrected chi connectivity index (χ2v) is 9.01. The molecule has 10 heteroatoms. The maximum absolute atomic E-state index is 13.6. The first-order valence-electron chi connectivity index (χ1n) is 7.98. The Morgan fingerprint density at radius 3 is 2.18 bits per heavy atom. The molecule has 0 aliphatic carbocycles. The average Bonchev–Trinajstić information content (AvgIpc) is 2.52. The number of aromatic carboxylic acids is 1. The summed E-state index contributed by atoms with van der Waals surface area (Å²) in [5.74, 6) is -3.10. The molecule has 2 aromatic rings. The zero-order valence-electron chi connectivity index (χ0n) is 15.2. The van der Waals surface area contributed by atoms with Crippen LogP contribution in [0.3, 0.4) is 0 Å². The standard InChI is InChI=1S/C18H18ClFN2O5S/c1-18(2,3)21-16(23)10-4-6-11(7-5-10)22-28(26,27)15-8-12(17(24)25)14(20)9-13(15)19/h4-9,22H,1-3H3,(H,21,23)(H,24,25). The number of carboxylic acids is 1. The molecule has 2 aromatic carbocycles. The van der Waals surface area contributed by atoms with Crippen LogP contribution in [0.2, 0.25) is 5.02 Å². The number of carbonyl (C=O) groups is 2. The number of hydrogen-bond acceptors (Lipinski definition) is 4. The molecule has 3 N–H and O–H groups in total. The van der Waals surface area contributed by atoms with Gasteiger partial charge in [-0.05, 0) is 57.2 Å². The molecule has 0 unspecified atom stereocenters. The van der Waals surface area contributed by atoms with Crippen LogP contribution in [-0.2, 0) is 10.0 Å². The van der Waals surface area contributed by atoms with E-state index in [-0.39, 0.29) is 11.6 Å². The summed E-state index contributed by atoms with van der Waals surface area (Å²) in [7, 11) is -4.29. The highest BCUT2D eigenvalue weighted by molar-refractivity contribution is 7.92. The number of nitrogens with one attached hydrogen (secondary N) is 2. The summed E-state index contributed by atoms with van der Waals surface area (Å²) >= 11 is 5.78. The van der Waals surface area contributed by atoms with E-state index >= 15 is 0 Å². The molecule has 0 atom stereocenters. The normalized spacial score (nSPS) is 11.8. The van der Waals surface area contributed by atoms with Crippen molar-refractivity contribution in [3.8, 4) is 0 Å². The quantitative estimate of drug-likeness (QED) is 0.674. The summed E-state index contributed by atoms with van der Waals surface area (Å²) < 4.78 is 40.9.